The third kappa shape index (κ3) is 4.87. The molecule has 3 rings (SSSR count). The van der Waals surface area contributed by atoms with Gasteiger partial charge < -0.3 is 5.32 Å². The maximum absolute atomic E-state index is 13.8. The van der Waals surface area contributed by atoms with Crippen molar-refractivity contribution < 1.29 is 17.6 Å². The Kier molecular flexibility index (Phi) is 6.12. The molecule has 29 heavy (non-hydrogen) atoms. The highest BCUT2D eigenvalue weighted by Crippen LogP contribution is 2.26. The number of rotatable bonds is 5. The minimum Gasteiger partial charge on any atom is -0.322 e. The van der Waals surface area contributed by atoms with E-state index >= 15 is 0 Å². The van der Waals surface area contributed by atoms with E-state index in [0.717, 1.165) is 6.07 Å². The topological polar surface area (TPSA) is 75.3 Å². The van der Waals surface area contributed by atoms with Crippen molar-refractivity contribution in [3.8, 4) is 0 Å². The van der Waals surface area contributed by atoms with Crippen molar-refractivity contribution in [3.05, 3.63) is 87.7 Å². The molecule has 0 aromatic heterocycles. The van der Waals surface area contributed by atoms with Gasteiger partial charge in [0.05, 0.1) is 21.2 Å². The Morgan fingerprint density at radius 2 is 1.72 bits per heavy atom. The molecule has 150 valence electrons. The first-order valence-electron chi connectivity index (χ1n) is 8.32. The highest BCUT2D eigenvalue weighted by Gasteiger charge is 2.20. The Bertz CT molecular complexity index is 1200. The van der Waals surface area contributed by atoms with Crippen LogP contribution in [0.4, 0.5) is 15.8 Å². The van der Waals surface area contributed by atoms with Gasteiger partial charge in [0.15, 0.2) is 0 Å². The quantitative estimate of drug-likeness (QED) is 0.536. The zero-order valence-electron chi connectivity index (χ0n) is 15.0. The van der Waals surface area contributed by atoms with Gasteiger partial charge in [0, 0.05) is 10.7 Å². The van der Waals surface area contributed by atoms with Crippen LogP contribution in [0.15, 0.2) is 65.6 Å². The Balaban J connectivity index is 1.91. The fourth-order valence-corrected chi connectivity index (χ4v) is 4.30. The van der Waals surface area contributed by atoms with E-state index in [2.05, 4.69) is 10.0 Å². The molecule has 1 amide bonds. The minimum absolute atomic E-state index is 0.101. The number of amides is 1. The molecule has 0 bridgehead atoms. The van der Waals surface area contributed by atoms with Gasteiger partial charge in [-0.1, -0.05) is 41.4 Å². The molecule has 5 nitrogen and oxygen atoms in total. The highest BCUT2D eigenvalue weighted by molar-refractivity contribution is 7.92. The lowest BCUT2D eigenvalue weighted by Gasteiger charge is -2.13. The minimum atomic E-state index is -4.09. The first kappa shape index (κ1) is 21.1. The number of aryl methyl sites for hydroxylation is 1. The number of benzene rings is 3. The number of para-hydroxylation sites is 1. The van der Waals surface area contributed by atoms with Crippen LogP contribution >= 0.6 is 23.2 Å². The highest BCUT2D eigenvalue weighted by atomic mass is 35.5. The van der Waals surface area contributed by atoms with E-state index in [1.54, 1.807) is 19.1 Å². The van der Waals surface area contributed by atoms with Gasteiger partial charge in [0.25, 0.3) is 15.9 Å². The van der Waals surface area contributed by atoms with Gasteiger partial charge in [-0.2, -0.15) is 0 Å². The van der Waals surface area contributed by atoms with E-state index in [4.69, 9.17) is 23.2 Å². The van der Waals surface area contributed by atoms with Crippen LogP contribution in [0.2, 0.25) is 10.0 Å². The maximum Gasteiger partial charge on any atom is 0.262 e. The first-order valence-corrected chi connectivity index (χ1v) is 10.6. The molecule has 0 atom stereocenters. The van der Waals surface area contributed by atoms with E-state index in [0.29, 0.717) is 10.6 Å². The first-order chi connectivity index (χ1) is 13.7. The molecule has 2 N–H and O–H groups in total. The third-order valence-corrected chi connectivity index (χ3v) is 6.10. The van der Waals surface area contributed by atoms with E-state index < -0.39 is 21.7 Å². The number of nitrogens with one attached hydrogen (secondary N) is 2. The van der Waals surface area contributed by atoms with Crippen LogP contribution in [0.25, 0.3) is 0 Å². The summed E-state index contributed by atoms with van der Waals surface area (Å²) < 4.78 is 41.6. The molecule has 0 aliphatic rings. The Labute approximate surface area is 177 Å². The fraction of sp³-hybridized carbons (Fsp3) is 0.0500. The van der Waals surface area contributed by atoms with Gasteiger partial charge >= 0.3 is 0 Å². The monoisotopic (exact) mass is 452 g/mol. The molecule has 9 heteroatoms. The van der Waals surface area contributed by atoms with E-state index in [1.165, 1.54) is 42.5 Å². The van der Waals surface area contributed by atoms with E-state index in [1.807, 2.05) is 0 Å². The molecule has 0 saturated carbocycles. The lowest BCUT2D eigenvalue weighted by Crippen LogP contribution is -2.17. The normalized spacial score (nSPS) is 11.2. The summed E-state index contributed by atoms with van der Waals surface area (Å²) in [5, 5.41) is 3.13. The van der Waals surface area contributed by atoms with Gasteiger partial charge in [-0.05, 0) is 55.0 Å². The predicted molar refractivity (Wildman–Crippen MR) is 113 cm³/mol. The average Bonchev–Trinajstić information content (AvgIpc) is 2.66. The predicted octanol–water partition coefficient (Wildman–Crippen LogP) is 5.49. The van der Waals surface area contributed by atoms with Crippen molar-refractivity contribution in [1.29, 1.82) is 0 Å². The summed E-state index contributed by atoms with van der Waals surface area (Å²) in [6, 6.07) is 14.2. The summed E-state index contributed by atoms with van der Waals surface area (Å²) in [4.78, 5) is 12.4. The molecule has 0 spiro atoms. The van der Waals surface area contributed by atoms with Crippen molar-refractivity contribution in [2.75, 3.05) is 10.0 Å². The number of carbonyl (C=O) groups is 1. The van der Waals surface area contributed by atoms with Crippen molar-refractivity contribution in [2.24, 2.45) is 0 Å². The molecule has 0 unspecified atom stereocenters. The molecular formula is C20H15Cl2FN2O3S. The summed E-state index contributed by atoms with van der Waals surface area (Å²) in [6.07, 6.45) is 0. The largest absolute Gasteiger partial charge is 0.322 e. The van der Waals surface area contributed by atoms with Crippen molar-refractivity contribution in [3.63, 3.8) is 0 Å². The number of carbonyl (C=O) groups excluding carboxylic acids is 1. The van der Waals surface area contributed by atoms with Gasteiger partial charge in [-0.3, -0.25) is 9.52 Å². The van der Waals surface area contributed by atoms with Gasteiger partial charge in [-0.15, -0.1) is 0 Å². The zero-order valence-corrected chi connectivity index (χ0v) is 17.4. The van der Waals surface area contributed by atoms with Crippen LogP contribution in [0.3, 0.4) is 0 Å². The summed E-state index contributed by atoms with van der Waals surface area (Å²) in [6.45, 7) is 1.59. The zero-order chi connectivity index (χ0) is 21.2. The van der Waals surface area contributed by atoms with Gasteiger partial charge in [-0.25, -0.2) is 12.8 Å². The standard InChI is InChI=1S/C20H15Cl2FN2O3S/c1-12-6-8-14(24-20(26)15-10-13(21)7-9-16(15)22)11-19(12)29(27,28)25-18-5-3-2-4-17(18)23/h2-11,25H,1H3,(H,24,26). The fourth-order valence-electron chi connectivity index (χ4n) is 2.58. The SMILES string of the molecule is Cc1ccc(NC(=O)c2cc(Cl)ccc2Cl)cc1S(=O)(=O)Nc1ccccc1F. The van der Waals surface area contributed by atoms with Crippen molar-refractivity contribution >= 4 is 50.5 Å². The third-order valence-electron chi connectivity index (χ3n) is 4.03. The van der Waals surface area contributed by atoms with Crippen LogP contribution in [0.5, 0.6) is 0 Å². The molecule has 0 fully saturated rings. The maximum atomic E-state index is 13.8. The molecule has 3 aromatic rings. The number of hydrogen-bond acceptors (Lipinski definition) is 3. The molecular weight excluding hydrogens is 438 g/mol. The summed E-state index contributed by atoms with van der Waals surface area (Å²) in [5.74, 6) is -1.25. The average molecular weight is 453 g/mol. The van der Waals surface area contributed by atoms with Crippen LogP contribution in [-0.4, -0.2) is 14.3 Å². The summed E-state index contributed by atoms with van der Waals surface area (Å²) >= 11 is 11.9. The van der Waals surface area contributed by atoms with Crippen LogP contribution in [0, 0.1) is 12.7 Å². The Morgan fingerprint density at radius 3 is 2.45 bits per heavy atom. The molecule has 3 aromatic carbocycles. The van der Waals surface area contributed by atoms with E-state index in [-0.39, 0.29) is 26.9 Å². The Hall–Kier alpha value is -2.61. The molecule has 0 aliphatic carbocycles. The summed E-state index contributed by atoms with van der Waals surface area (Å²) in [7, 11) is -4.09. The lowest BCUT2D eigenvalue weighted by atomic mass is 10.2. The molecule has 0 heterocycles. The molecule has 0 radical (unpaired) electrons. The van der Waals surface area contributed by atoms with Crippen molar-refractivity contribution in [2.45, 2.75) is 11.8 Å². The second-order valence-corrected chi connectivity index (χ2v) is 8.64. The lowest BCUT2D eigenvalue weighted by molar-refractivity contribution is 0.102. The van der Waals surface area contributed by atoms with Crippen LogP contribution < -0.4 is 10.0 Å². The number of anilines is 2. The van der Waals surface area contributed by atoms with Crippen molar-refractivity contribution in [1.82, 2.24) is 0 Å². The van der Waals surface area contributed by atoms with Gasteiger partial charge in [0.2, 0.25) is 0 Å². The van der Waals surface area contributed by atoms with E-state index in [9.17, 15) is 17.6 Å². The second-order valence-electron chi connectivity index (χ2n) is 6.14. The number of halogens is 3. The summed E-state index contributed by atoms with van der Waals surface area (Å²) in [5.41, 5.74) is 0.624. The second kappa shape index (κ2) is 8.41. The number of sulfonamides is 1. The van der Waals surface area contributed by atoms with Crippen LogP contribution in [0.1, 0.15) is 15.9 Å². The van der Waals surface area contributed by atoms with Crippen LogP contribution in [-0.2, 0) is 10.0 Å². The smallest absolute Gasteiger partial charge is 0.262 e. The number of hydrogen-bond donors (Lipinski definition) is 2. The molecule has 0 aliphatic heterocycles. The molecule has 0 saturated heterocycles. The Morgan fingerprint density at radius 1 is 1.00 bits per heavy atom. The van der Waals surface area contributed by atoms with Gasteiger partial charge in [0.1, 0.15) is 5.82 Å².